The summed E-state index contributed by atoms with van der Waals surface area (Å²) in [6.07, 6.45) is 9.03. The third kappa shape index (κ3) is 5.69. The lowest BCUT2D eigenvalue weighted by Crippen LogP contribution is -2.44. The van der Waals surface area contributed by atoms with E-state index in [-0.39, 0.29) is 17.4 Å². The number of rotatable bonds is 7. The van der Waals surface area contributed by atoms with Crippen molar-refractivity contribution in [3.8, 4) is 0 Å². The molecule has 2 aromatic rings. The van der Waals surface area contributed by atoms with E-state index in [2.05, 4.69) is 15.2 Å². The number of aromatic nitrogens is 1. The fourth-order valence-electron chi connectivity index (χ4n) is 4.94. The first-order chi connectivity index (χ1) is 16.0. The van der Waals surface area contributed by atoms with E-state index >= 15 is 0 Å². The molecule has 1 saturated carbocycles. The summed E-state index contributed by atoms with van der Waals surface area (Å²) in [7, 11) is 0. The number of likely N-dealkylation sites (tertiary alicyclic amines) is 1. The van der Waals surface area contributed by atoms with Gasteiger partial charge in [0.2, 0.25) is 5.91 Å². The summed E-state index contributed by atoms with van der Waals surface area (Å²) in [5, 5.41) is 14.8. The smallest absolute Gasteiger partial charge is 0.251 e. The predicted molar refractivity (Wildman–Crippen MR) is 126 cm³/mol. The molecule has 1 aliphatic heterocycles. The fraction of sp³-hybridized carbons (Fsp3) is 0.480. The minimum absolute atomic E-state index is 0.0437. The van der Waals surface area contributed by atoms with Crippen molar-refractivity contribution < 1.29 is 14.8 Å². The van der Waals surface area contributed by atoms with Crippen molar-refractivity contribution in [3.63, 3.8) is 0 Å². The van der Waals surface area contributed by atoms with E-state index in [0.717, 1.165) is 49.4 Å². The fourth-order valence-corrected chi connectivity index (χ4v) is 4.94. The summed E-state index contributed by atoms with van der Waals surface area (Å²) in [4.78, 5) is 31.4. The molecule has 1 aliphatic carbocycles. The molecule has 0 atom stereocenters. The average molecular weight is 452 g/mol. The normalized spacial score (nSPS) is 18.1. The van der Waals surface area contributed by atoms with Crippen molar-refractivity contribution in [3.05, 3.63) is 53.7 Å². The number of carbonyl (C=O) groups is 2. The van der Waals surface area contributed by atoms with E-state index in [1.807, 2.05) is 6.07 Å². The van der Waals surface area contributed by atoms with Crippen LogP contribution in [-0.4, -0.2) is 46.0 Å². The Hall–Kier alpha value is -2.97. The van der Waals surface area contributed by atoms with Crippen LogP contribution >= 0.6 is 0 Å². The summed E-state index contributed by atoms with van der Waals surface area (Å²) < 4.78 is 0. The number of hydrogen-bond acceptors (Lipinski definition) is 6. The van der Waals surface area contributed by atoms with Crippen LogP contribution in [0.25, 0.3) is 0 Å². The number of anilines is 2. The molecule has 1 aromatic heterocycles. The van der Waals surface area contributed by atoms with Crippen LogP contribution in [0.2, 0.25) is 0 Å². The van der Waals surface area contributed by atoms with E-state index < -0.39 is 5.91 Å². The van der Waals surface area contributed by atoms with Crippen LogP contribution in [0.3, 0.4) is 0 Å². The molecule has 8 heteroatoms. The van der Waals surface area contributed by atoms with E-state index in [1.54, 1.807) is 36.5 Å². The Bertz CT molecular complexity index is 954. The van der Waals surface area contributed by atoms with Gasteiger partial charge < -0.3 is 11.1 Å². The maximum atomic E-state index is 12.7. The second kappa shape index (κ2) is 10.8. The highest BCUT2D eigenvalue weighted by atomic mass is 16.5. The summed E-state index contributed by atoms with van der Waals surface area (Å²) >= 11 is 0. The van der Waals surface area contributed by atoms with Gasteiger partial charge in [-0.1, -0.05) is 37.5 Å². The highest BCUT2D eigenvalue weighted by Gasteiger charge is 2.28. The van der Waals surface area contributed by atoms with Gasteiger partial charge in [0.05, 0.1) is 11.3 Å². The van der Waals surface area contributed by atoms with Crippen molar-refractivity contribution >= 4 is 23.3 Å². The third-order valence-electron chi connectivity index (χ3n) is 6.77. The third-order valence-corrected chi connectivity index (χ3v) is 6.77. The molecule has 0 bridgehead atoms. The average Bonchev–Trinajstić information content (AvgIpc) is 2.85. The zero-order valence-electron chi connectivity index (χ0n) is 18.9. The number of pyridine rings is 1. The first-order valence-corrected chi connectivity index (χ1v) is 11.9. The predicted octanol–water partition coefficient (Wildman–Crippen LogP) is 3.37. The van der Waals surface area contributed by atoms with Crippen molar-refractivity contribution in [2.24, 2.45) is 11.7 Å². The maximum absolute atomic E-state index is 12.7. The monoisotopic (exact) mass is 451 g/mol. The number of nitrogens with zero attached hydrogens (tertiary/aromatic N) is 3. The second-order valence-corrected chi connectivity index (χ2v) is 9.07. The minimum atomic E-state index is -0.600. The number of primary amides is 1. The Morgan fingerprint density at radius 2 is 1.82 bits per heavy atom. The summed E-state index contributed by atoms with van der Waals surface area (Å²) in [6, 6.07) is 10.8. The number of nitrogens with two attached hydrogens (primary N) is 1. The van der Waals surface area contributed by atoms with Gasteiger partial charge in [-0.3, -0.25) is 19.7 Å². The van der Waals surface area contributed by atoms with Gasteiger partial charge in [-0.15, -0.1) is 0 Å². The van der Waals surface area contributed by atoms with Crippen LogP contribution in [0.5, 0.6) is 0 Å². The number of hydrogen-bond donors (Lipinski definition) is 3. The van der Waals surface area contributed by atoms with Crippen LogP contribution in [0.15, 0.2) is 42.6 Å². The summed E-state index contributed by atoms with van der Waals surface area (Å²) in [6.45, 7) is 2.07. The summed E-state index contributed by atoms with van der Waals surface area (Å²) in [5.74, 6) is -0.0610. The second-order valence-electron chi connectivity index (χ2n) is 9.07. The maximum Gasteiger partial charge on any atom is 0.251 e. The molecule has 2 aliphatic rings. The Balaban J connectivity index is 1.40. The van der Waals surface area contributed by atoms with Gasteiger partial charge in [-0.2, -0.15) is 0 Å². The number of piperidine rings is 1. The minimum Gasteiger partial charge on any atom is -0.366 e. The summed E-state index contributed by atoms with van der Waals surface area (Å²) in [5.41, 5.74) is 7.05. The standard InChI is InChI=1S/C25H33N5O3/c26-24(31)23-19(7-6-10-21(23)30(33)22-11-4-5-14-27-22)17-29-15-12-18(13-16-29)25(32)28-20-8-2-1-3-9-20/h4-7,10-11,14,18,20,33H,1-3,8-9,12-13,15-17H2,(H2,26,31)(H,28,32). The molecule has 1 saturated heterocycles. The Morgan fingerprint density at radius 3 is 2.48 bits per heavy atom. The molecular weight excluding hydrogens is 418 g/mol. The molecule has 0 spiro atoms. The van der Waals surface area contributed by atoms with Gasteiger partial charge in [0, 0.05) is 24.7 Å². The van der Waals surface area contributed by atoms with Crippen LogP contribution in [0.4, 0.5) is 11.5 Å². The number of benzene rings is 1. The highest BCUT2D eigenvalue weighted by molar-refractivity contribution is 6.00. The molecule has 33 heavy (non-hydrogen) atoms. The quantitative estimate of drug-likeness (QED) is 0.557. The Morgan fingerprint density at radius 1 is 1.06 bits per heavy atom. The molecule has 4 N–H and O–H groups in total. The van der Waals surface area contributed by atoms with Crippen molar-refractivity contribution in [1.29, 1.82) is 0 Å². The SMILES string of the molecule is NC(=O)c1c(CN2CCC(C(=O)NC3CCCCC3)CC2)cccc1N(O)c1ccccn1. The van der Waals surface area contributed by atoms with E-state index in [1.165, 1.54) is 19.3 Å². The largest absolute Gasteiger partial charge is 0.366 e. The van der Waals surface area contributed by atoms with Gasteiger partial charge in [0.1, 0.15) is 0 Å². The molecule has 2 amide bonds. The van der Waals surface area contributed by atoms with Gasteiger partial charge in [-0.25, -0.2) is 10.0 Å². The van der Waals surface area contributed by atoms with Crippen molar-refractivity contribution in [2.75, 3.05) is 18.2 Å². The van der Waals surface area contributed by atoms with Crippen molar-refractivity contribution in [2.45, 2.75) is 57.5 Å². The first kappa shape index (κ1) is 23.2. The van der Waals surface area contributed by atoms with E-state index in [4.69, 9.17) is 5.73 Å². The van der Waals surface area contributed by atoms with Gasteiger partial charge in [-0.05, 0) is 62.5 Å². The molecule has 2 fully saturated rings. The molecule has 2 heterocycles. The van der Waals surface area contributed by atoms with Crippen LogP contribution in [0, 0.1) is 5.92 Å². The number of amides is 2. The van der Waals surface area contributed by atoms with Crippen molar-refractivity contribution in [1.82, 2.24) is 15.2 Å². The Kier molecular flexibility index (Phi) is 7.57. The van der Waals surface area contributed by atoms with E-state index in [9.17, 15) is 14.8 Å². The highest BCUT2D eigenvalue weighted by Crippen LogP contribution is 2.29. The first-order valence-electron chi connectivity index (χ1n) is 11.9. The molecule has 0 radical (unpaired) electrons. The number of carbonyl (C=O) groups excluding carboxylic acids is 2. The van der Waals surface area contributed by atoms with Crippen LogP contribution in [-0.2, 0) is 11.3 Å². The van der Waals surface area contributed by atoms with Gasteiger partial charge in [0.25, 0.3) is 5.91 Å². The lowest BCUT2D eigenvalue weighted by atomic mass is 9.92. The Labute approximate surface area is 194 Å². The zero-order chi connectivity index (χ0) is 23.2. The molecular formula is C25H33N5O3. The number of nitrogens with one attached hydrogen (secondary N) is 1. The zero-order valence-corrected chi connectivity index (χ0v) is 18.9. The molecule has 8 nitrogen and oxygen atoms in total. The van der Waals surface area contributed by atoms with E-state index in [0.29, 0.717) is 24.1 Å². The molecule has 1 aromatic carbocycles. The molecule has 176 valence electrons. The molecule has 0 unspecified atom stereocenters. The molecule has 4 rings (SSSR count). The lowest BCUT2D eigenvalue weighted by molar-refractivity contribution is -0.127. The topological polar surface area (TPSA) is 112 Å². The lowest BCUT2D eigenvalue weighted by Gasteiger charge is -2.33. The van der Waals surface area contributed by atoms with Crippen LogP contribution < -0.4 is 16.1 Å². The van der Waals surface area contributed by atoms with Crippen LogP contribution in [0.1, 0.15) is 60.9 Å². The van der Waals surface area contributed by atoms with Gasteiger partial charge in [0.15, 0.2) is 5.82 Å². The van der Waals surface area contributed by atoms with Gasteiger partial charge >= 0.3 is 0 Å².